The number of benzene rings is 1. The van der Waals surface area contributed by atoms with Gasteiger partial charge in [-0.3, -0.25) is 10.1 Å². The van der Waals surface area contributed by atoms with Crippen LogP contribution in [0, 0.1) is 16.0 Å². The molecule has 1 aliphatic rings. The normalized spacial score (nSPS) is 14.8. The SMILES string of the molecule is CN(CCOCC1CC1)c1ccc(S(N)(=O)=O)c([N+](=O)[O-])c1. The minimum Gasteiger partial charge on any atom is -0.379 e. The molecule has 1 aliphatic carbocycles. The number of sulfonamides is 1. The van der Waals surface area contributed by atoms with Crippen molar-refractivity contribution in [1.82, 2.24) is 0 Å². The standard InChI is InChI=1S/C13H19N3O5S/c1-15(6-7-21-9-10-2-3-10)11-4-5-13(22(14,19)20)12(8-11)16(17)18/h4-5,8,10H,2-3,6-7,9H2,1H3,(H2,14,19,20). The predicted molar refractivity (Wildman–Crippen MR) is 81.3 cm³/mol. The fraction of sp³-hybridized carbons (Fsp3) is 0.538. The molecule has 1 aromatic rings. The predicted octanol–water partition coefficient (Wildman–Crippen LogP) is 1.11. The van der Waals surface area contributed by atoms with E-state index < -0.39 is 25.5 Å². The molecule has 0 aromatic heterocycles. The Bertz CT molecular complexity index is 658. The number of anilines is 1. The maximum absolute atomic E-state index is 11.4. The number of nitrogens with zero attached hydrogens (tertiary/aromatic N) is 2. The second-order valence-corrected chi connectivity index (χ2v) is 6.92. The number of primary sulfonamides is 1. The summed E-state index contributed by atoms with van der Waals surface area (Å²) in [7, 11) is -2.37. The monoisotopic (exact) mass is 329 g/mol. The first-order valence-corrected chi connectivity index (χ1v) is 8.44. The summed E-state index contributed by atoms with van der Waals surface area (Å²) in [6.07, 6.45) is 2.44. The summed E-state index contributed by atoms with van der Waals surface area (Å²) in [6.45, 7) is 1.81. The largest absolute Gasteiger partial charge is 0.379 e. The fourth-order valence-corrected chi connectivity index (χ4v) is 2.67. The molecule has 1 aromatic carbocycles. The van der Waals surface area contributed by atoms with E-state index in [9.17, 15) is 18.5 Å². The van der Waals surface area contributed by atoms with Gasteiger partial charge in [0.1, 0.15) is 0 Å². The van der Waals surface area contributed by atoms with Crippen LogP contribution in [-0.4, -0.2) is 40.1 Å². The minimum atomic E-state index is -4.13. The second kappa shape index (κ2) is 6.59. The zero-order chi connectivity index (χ0) is 16.3. The van der Waals surface area contributed by atoms with E-state index in [2.05, 4.69) is 0 Å². The van der Waals surface area contributed by atoms with Gasteiger partial charge in [0.2, 0.25) is 10.0 Å². The van der Waals surface area contributed by atoms with Crippen molar-refractivity contribution in [2.75, 3.05) is 31.7 Å². The van der Waals surface area contributed by atoms with Crippen molar-refractivity contribution in [3.8, 4) is 0 Å². The molecule has 22 heavy (non-hydrogen) atoms. The Labute approximate surface area is 129 Å². The van der Waals surface area contributed by atoms with E-state index in [1.807, 2.05) is 0 Å². The van der Waals surface area contributed by atoms with Gasteiger partial charge in [-0.25, -0.2) is 13.6 Å². The van der Waals surface area contributed by atoms with E-state index in [0.717, 1.165) is 12.7 Å². The molecule has 9 heteroatoms. The van der Waals surface area contributed by atoms with Crippen molar-refractivity contribution in [1.29, 1.82) is 0 Å². The van der Waals surface area contributed by atoms with Crippen molar-refractivity contribution >= 4 is 21.4 Å². The van der Waals surface area contributed by atoms with Gasteiger partial charge in [0.15, 0.2) is 4.90 Å². The molecule has 0 unspecified atom stereocenters. The second-order valence-electron chi connectivity index (χ2n) is 5.39. The molecular formula is C13H19N3O5S. The Kier molecular flexibility index (Phi) is 4.99. The van der Waals surface area contributed by atoms with E-state index in [4.69, 9.17) is 9.88 Å². The molecule has 8 nitrogen and oxygen atoms in total. The van der Waals surface area contributed by atoms with Crippen LogP contribution in [0.1, 0.15) is 12.8 Å². The molecule has 0 bridgehead atoms. The van der Waals surface area contributed by atoms with Crippen molar-refractivity contribution in [3.05, 3.63) is 28.3 Å². The van der Waals surface area contributed by atoms with Crippen molar-refractivity contribution < 1.29 is 18.1 Å². The third-order valence-electron chi connectivity index (χ3n) is 3.51. The maximum Gasteiger partial charge on any atom is 0.291 e. The molecule has 0 spiro atoms. The van der Waals surface area contributed by atoms with Crippen LogP contribution in [-0.2, 0) is 14.8 Å². The van der Waals surface area contributed by atoms with E-state index in [1.54, 1.807) is 11.9 Å². The first kappa shape index (κ1) is 16.7. The number of rotatable bonds is 8. The van der Waals surface area contributed by atoms with Gasteiger partial charge in [-0.05, 0) is 30.9 Å². The van der Waals surface area contributed by atoms with Gasteiger partial charge in [0, 0.05) is 32.0 Å². The number of likely N-dealkylation sites (N-methyl/N-ethyl adjacent to an activating group) is 1. The Hall–Kier alpha value is -1.71. The van der Waals surface area contributed by atoms with Crippen LogP contribution in [0.3, 0.4) is 0 Å². The van der Waals surface area contributed by atoms with Crippen LogP contribution in [0.4, 0.5) is 11.4 Å². The molecule has 0 amide bonds. The lowest BCUT2D eigenvalue weighted by atomic mass is 10.2. The summed E-state index contributed by atoms with van der Waals surface area (Å²) in [5, 5.41) is 16.0. The third kappa shape index (κ3) is 4.39. The Morgan fingerprint density at radius 1 is 1.45 bits per heavy atom. The lowest BCUT2D eigenvalue weighted by Gasteiger charge is -2.19. The highest BCUT2D eigenvalue weighted by Crippen LogP contribution is 2.29. The van der Waals surface area contributed by atoms with Crippen LogP contribution < -0.4 is 10.0 Å². The number of nitro benzene ring substituents is 1. The van der Waals surface area contributed by atoms with Gasteiger partial charge in [0.25, 0.3) is 5.69 Å². The van der Waals surface area contributed by atoms with Crippen molar-refractivity contribution in [3.63, 3.8) is 0 Å². The summed E-state index contributed by atoms with van der Waals surface area (Å²) in [6, 6.07) is 3.86. The molecule has 1 saturated carbocycles. The number of nitro groups is 1. The first-order chi connectivity index (χ1) is 10.3. The topological polar surface area (TPSA) is 116 Å². The third-order valence-corrected chi connectivity index (χ3v) is 4.47. The van der Waals surface area contributed by atoms with Crippen LogP contribution in [0.15, 0.2) is 23.1 Å². The fourth-order valence-electron chi connectivity index (χ4n) is 1.99. The molecule has 0 atom stereocenters. The first-order valence-electron chi connectivity index (χ1n) is 6.89. The molecule has 0 radical (unpaired) electrons. The van der Waals surface area contributed by atoms with Gasteiger partial charge in [-0.1, -0.05) is 0 Å². The Morgan fingerprint density at radius 2 is 2.14 bits per heavy atom. The number of ether oxygens (including phenoxy) is 1. The van der Waals surface area contributed by atoms with Gasteiger partial charge in [-0.2, -0.15) is 0 Å². The van der Waals surface area contributed by atoms with Crippen LogP contribution in [0.25, 0.3) is 0 Å². The van der Waals surface area contributed by atoms with Crippen molar-refractivity contribution in [2.24, 2.45) is 11.1 Å². The zero-order valence-electron chi connectivity index (χ0n) is 12.3. The molecule has 122 valence electrons. The minimum absolute atomic E-state index is 0.486. The van der Waals surface area contributed by atoms with Crippen LogP contribution in [0.2, 0.25) is 0 Å². The summed E-state index contributed by atoms with van der Waals surface area (Å²) < 4.78 is 28.2. The Balaban J connectivity index is 2.06. The van der Waals surface area contributed by atoms with Crippen molar-refractivity contribution in [2.45, 2.75) is 17.7 Å². The molecule has 0 aliphatic heterocycles. The average Bonchev–Trinajstić information content (AvgIpc) is 3.25. The van der Waals surface area contributed by atoms with Gasteiger partial charge in [-0.15, -0.1) is 0 Å². The highest BCUT2D eigenvalue weighted by molar-refractivity contribution is 7.89. The van der Waals surface area contributed by atoms with E-state index in [1.165, 1.54) is 25.0 Å². The summed E-state index contributed by atoms with van der Waals surface area (Å²) in [4.78, 5) is 11.6. The smallest absolute Gasteiger partial charge is 0.291 e. The van der Waals surface area contributed by atoms with E-state index in [-0.39, 0.29) is 0 Å². The molecule has 2 rings (SSSR count). The van der Waals surface area contributed by atoms with Crippen LogP contribution >= 0.6 is 0 Å². The molecule has 0 heterocycles. The highest BCUT2D eigenvalue weighted by atomic mass is 32.2. The summed E-state index contributed by atoms with van der Waals surface area (Å²) in [5.41, 5.74) is 0.0138. The lowest BCUT2D eigenvalue weighted by Crippen LogP contribution is -2.23. The number of hydrogen-bond acceptors (Lipinski definition) is 6. The quantitative estimate of drug-likeness (QED) is 0.434. The molecule has 2 N–H and O–H groups in total. The summed E-state index contributed by atoms with van der Waals surface area (Å²) in [5.74, 6) is 0.681. The molecule has 1 fully saturated rings. The van der Waals surface area contributed by atoms with Crippen LogP contribution in [0.5, 0.6) is 0 Å². The number of nitrogens with two attached hydrogens (primary N) is 1. The molecule has 0 saturated heterocycles. The van der Waals surface area contributed by atoms with Gasteiger partial charge in [0.05, 0.1) is 11.5 Å². The zero-order valence-corrected chi connectivity index (χ0v) is 13.1. The Morgan fingerprint density at radius 3 is 2.68 bits per heavy atom. The maximum atomic E-state index is 11.4. The van der Waals surface area contributed by atoms with Gasteiger partial charge >= 0.3 is 0 Å². The highest BCUT2D eigenvalue weighted by Gasteiger charge is 2.24. The van der Waals surface area contributed by atoms with E-state index >= 15 is 0 Å². The van der Waals surface area contributed by atoms with E-state index in [0.29, 0.717) is 24.8 Å². The summed E-state index contributed by atoms with van der Waals surface area (Å²) >= 11 is 0. The number of hydrogen-bond donors (Lipinski definition) is 1. The molecular weight excluding hydrogens is 310 g/mol. The lowest BCUT2D eigenvalue weighted by molar-refractivity contribution is -0.387. The van der Waals surface area contributed by atoms with Gasteiger partial charge < -0.3 is 9.64 Å². The average molecular weight is 329 g/mol.